The zero-order valence-corrected chi connectivity index (χ0v) is 16.6. The van der Waals surface area contributed by atoms with Gasteiger partial charge in [-0.15, -0.1) is 11.8 Å². The summed E-state index contributed by atoms with van der Waals surface area (Å²) in [5.74, 6) is 2.43. The molecule has 4 nitrogen and oxygen atoms in total. The summed E-state index contributed by atoms with van der Waals surface area (Å²) in [6.45, 7) is 3.65. The van der Waals surface area contributed by atoms with Crippen molar-refractivity contribution in [1.82, 2.24) is 0 Å². The molecule has 2 aromatic rings. The van der Waals surface area contributed by atoms with E-state index in [1.165, 1.54) is 0 Å². The minimum Gasteiger partial charge on any atom is -0.465 e. The van der Waals surface area contributed by atoms with Crippen molar-refractivity contribution >= 4 is 52.7 Å². The highest BCUT2D eigenvalue weighted by atomic mass is 32.2. The van der Waals surface area contributed by atoms with Gasteiger partial charge in [0.05, 0.1) is 13.2 Å². The topological polar surface area (TPSA) is 48.7 Å². The van der Waals surface area contributed by atoms with Crippen molar-refractivity contribution in [1.29, 1.82) is 0 Å². The first-order chi connectivity index (χ1) is 12.2. The first-order valence-corrected chi connectivity index (χ1v) is 10.7. The molecule has 0 radical (unpaired) electrons. The smallest absolute Gasteiger partial charge is 0.305 e. The maximum Gasteiger partial charge on any atom is 0.305 e. The van der Waals surface area contributed by atoms with Gasteiger partial charge in [0.2, 0.25) is 0 Å². The molecule has 0 unspecified atom stereocenters. The Kier molecular flexibility index (Phi) is 9.39. The Bertz CT molecular complexity index is 730. The van der Waals surface area contributed by atoms with Crippen molar-refractivity contribution in [2.75, 3.05) is 37.1 Å². The number of carbonyl (C=O) groups excluding carboxylic acids is 1. The zero-order chi connectivity index (χ0) is 17.9. The number of hydrogen-bond donors (Lipinski definition) is 0. The van der Waals surface area contributed by atoms with Gasteiger partial charge in [-0.05, 0) is 18.3 Å². The molecule has 1 heterocycles. The Morgan fingerprint density at radius 2 is 1.92 bits per heavy atom. The van der Waals surface area contributed by atoms with Crippen LogP contribution in [0.4, 0.5) is 0 Å². The second-order valence-electron chi connectivity index (χ2n) is 5.07. The molecular weight excluding hydrogens is 376 g/mol. The fourth-order valence-corrected chi connectivity index (χ4v) is 3.91. The van der Waals surface area contributed by atoms with Gasteiger partial charge in [-0.1, -0.05) is 25.1 Å². The van der Waals surface area contributed by atoms with Gasteiger partial charge in [-0.3, -0.25) is 4.79 Å². The molecule has 0 aliphatic heterocycles. The lowest BCUT2D eigenvalue weighted by atomic mass is 10.2. The van der Waals surface area contributed by atoms with E-state index in [9.17, 15) is 4.79 Å². The average Bonchev–Trinajstić information content (AvgIpc) is 2.62. The van der Waals surface area contributed by atoms with Gasteiger partial charge in [0.25, 0.3) is 0 Å². The first kappa shape index (κ1) is 20.3. The van der Waals surface area contributed by atoms with Crippen LogP contribution in [0.1, 0.15) is 13.3 Å². The molecule has 0 saturated carbocycles. The first-order valence-electron chi connectivity index (χ1n) is 8.17. The van der Waals surface area contributed by atoms with E-state index in [4.69, 9.17) is 26.1 Å². The lowest BCUT2D eigenvalue weighted by Gasteiger charge is -2.07. The van der Waals surface area contributed by atoms with E-state index in [0.29, 0.717) is 30.9 Å². The number of para-hydroxylation sites is 1. The fraction of sp³-hybridized carbons (Fsp3) is 0.444. The number of thioether (sulfide) groups is 2. The molecule has 1 aromatic heterocycles. The van der Waals surface area contributed by atoms with Crippen LogP contribution >= 0.6 is 35.7 Å². The molecule has 25 heavy (non-hydrogen) atoms. The fourth-order valence-electron chi connectivity index (χ4n) is 2.05. The summed E-state index contributed by atoms with van der Waals surface area (Å²) in [4.78, 5) is 12.1. The van der Waals surface area contributed by atoms with Gasteiger partial charge in [0, 0.05) is 40.0 Å². The summed E-state index contributed by atoms with van der Waals surface area (Å²) in [6, 6.07) is 9.81. The van der Waals surface area contributed by atoms with E-state index in [0.717, 1.165) is 33.1 Å². The van der Waals surface area contributed by atoms with Crippen LogP contribution in [0.2, 0.25) is 0 Å². The van der Waals surface area contributed by atoms with Crippen LogP contribution in [0.15, 0.2) is 39.6 Å². The van der Waals surface area contributed by atoms with Crippen LogP contribution in [0, 0.1) is 4.71 Å². The maximum absolute atomic E-state index is 11.0. The largest absolute Gasteiger partial charge is 0.465 e. The van der Waals surface area contributed by atoms with Gasteiger partial charge in [-0.2, -0.15) is 11.8 Å². The molecule has 0 amide bonds. The summed E-state index contributed by atoms with van der Waals surface area (Å²) in [7, 11) is 0. The predicted molar refractivity (Wildman–Crippen MR) is 107 cm³/mol. The monoisotopic (exact) mass is 398 g/mol. The standard InChI is InChI=1S/C18H22O4S3/c1-2-17(19)21-9-11-24-10-7-20-8-12-25-16-13-18(23)22-15-6-4-3-5-14(15)16/h3-6,13H,2,7-12H2,1H3. The number of carbonyl (C=O) groups is 1. The third-order valence-corrected chi connectivity index (χ3v) is 5.38. The number of esters is 1. The second-order valence-corrected chi connectivity index (χ2v) is 7.84. The van der Waals surface area contributed by atoms with Gasteiger partial charge >= 0.3 is 5.97 Å². The third-order valence-electron chi connectivity index (χ3n) is 3.25. The van der Waals surface area contributed by atoms with Crippen LogP contribution in [-0.2, 0) is 14.3 Å². The molecule has 2 rings (SSSR count). The SMILES string of the molecule is CCC(=O)OCCSCCOCCSc1cc(=S)oc2ccccc12. The summed E-state index contributed by atoms with van der Waals surface area (Å²) >= 11 is 8.63. The Morgan fingerprint density at radius 3 is 2.76 bits per heavy atom. The highest BCUT2D eigenvalue weighted by Crippen LogP contribution is 2.28. The number of benzene rings is 1. The quantitative estimate of drug-likeness (QED) is 0.229. The van der Waals surface area contributed by atoms with Crippen LogP contribution in [0.25, 0.3) is 11.0 Å². The van der Waals surface area contributed by atoms with E-state index < -0.39 is 0 Å². The molecule has 0 saturated heterocycles. The van der Waals surface area contributed by atoms with Crippen molar-refractivity contribution in [3.8, 4) is 0 Å². The number of hydrogen-bond acceptors (Lipinski definition) is 7. The zero-order valence-electron chi connectivity index (χ0n) is 14.2. The summed E-state index contributed by atoms with van der Waals surface area (Å²) in [5, 5.41) is 1.08. The number of rotatable bonds is 11. The van der Waals surface area contributed by atoms with E-state index in [2.05, 4.69) is 0 Å². The summed E-state index contributed by atoms with van der Waals surface area (Å²) in [6.07, 6.45) is 0.434. The Balaban J connectivity index is 1.59. The maximum atomic E-state index is 11.0. The van der Waals surface area contributed by atoms with Crippen LogP contribution in [0.3, 0.4) is 0 Å². The second kappa shape index (κ2) is 11.6. The summed E-state index contributed by atoms with van der Waals surface area (Å²) < 4.78 is 16.7. The van der Waals surface area contributed by atoms with Gasteiger partial charge in [-0.25, -0.2) is 0 Å². The van der Waals surface area contributed by atoms with Crippen molar-refractivity contribution < 1.29 is 18.7 Å². The Hall–Kier alpha value is -1.02. The van der Waals surface area contributed by atoms with Gasteiger partial charge in [0.1, 0.15) is 12.2 Å². The highest BCUT2D eigenvalue weighted by Gasteiger charge is 2.04. The van der Waals surface area contributed by atoms with Crippen LogP contribution < -0.4 is 0 Å². The van der Waals surface area contributed by atoms with E-state index >= 15 is 0 Å². The molecule has 0 aliphatic rings. The minimum atomic E-state index is -0.141. The molecule has 136 valence electrons. The van der Waals surface area contributed by atoms with Crippen molar-refractivity contribution in [3.05, 3.63) is 35.0 Å². The van der Waals surface area contributed by atoms with Crippen molar-refractivity contribution in [2.24, 2.45) is 0 Å². The average molecular weight is 399 g/mol. The van der Waals surface area contributed by atoms with E-state index in [1.54, 1.807) is 30.4 Å². The Morgan fingerprint density at radius 1 is 1.16 bits per heavy atom. The van der Waals surface area contributed by atoms with Gasteiger partial charge in [0.15, 0.2) is 4.71 Å². The van der Waals surface area contributed by atoms with E-state index in [-0.39, 0.29) is 5.97 Å². The molecular formula is C18H22O4S3. The Labute approximate surface area is 161 Å². The molecule has 0 fully saturated rings. The molecule has 0 aliphatic carbocycles. The lowest BCUT2D eigenvalue weighted by Crippen LogP contribution is -2.07. The van der Waals surface area contributed by atoms with Crippen molar-refractivity contribution in [3.63, 3.8) is 0 Å². The van der Waals surface area contributed by atoms with E-state index in [1.807, 2.05) is 30.3 Å². The number of fused-ring (bicyclic) bond motifs is 1. The minimum absolute atomic E-state index is 0.141. The number of ether oxygens (including phenoxy) is 2. The molecule has 1 aromatic carbocycles. The molecule has 0 bridgehead atoms. The predicted octanol–water partition coefficient (Wildman–Crippen LogP) is 4.96. The van der Waals surface area contributed by atoms with Crippen LogP contribution in [0.5, 0.6) is 0 Å². The normalized spacial score (nSPS) is 10.9. The van der Waals surface area contributed by atoms with Crippen LogP contribution in [-0.4, -0.2) is 43.0 Å². The third kappa shape index (κ3) is 7.40. The molecule has 0 atom stereocenters. The summed E-state index contributed by atoms with van der Waals surface area (Å²) in [5.41, 5.74) is 0.818. The highest BCUT2D eigenvalue weighted by molar-refractivity contribution is 7.99. The molecule has 0 spiro atoms. The van der Waals surface area contributed by atoms with Gasteiger partial charge < -0.3 is 13.9 Å². The van der Waals surface area contributed by atoms with Crippen molar-refractivity contribution in [2.45, 2.75) is 18.2 Å². The lowest BCUT2D eigenvalue weighted by molar-refractivity contribution is -0.142. The molecule has 0 N–H and O–H groups in total. The molecule has 7 heteroatoms.